The first-order chi connectivity index (χ1) is 16.0. The van der Waals surface area contributed by atoms with Crippen LogP contribution in [0.2, 0.25) is 5.02 Å². The zero-order chi connectivity index (χ0) is 22.8. The summed E-state index contributed by atoms with van der Waals surface area (Å²) >= 11 is 5.98. The van der Waals surface area contributed by atoms with Gasteiger partial charge in [-0.15, -0.1) is 0 Å². The van der Waals surface area contributed by atoms with E-state index in [0.29, 0.717) is 17.4 Å². The second kappa shape index (κ2) is 9.05. The fourth-order valence-corrected chi connectivity index (χ4v) is 4.11. The number of nitrogens with zero attached hydrogens (tertiary/aromatic N) is 5. The number of halogens is 1. The molecule has 0 atom stereocenters. The Balaban J connectivity index is 1.31. The molecule has 0 amide bonds. The summed E-state index contributed by atoms with van der Waals surface area (Å²) in [5, 5.41) is 11.8. The first-order valence-electron chi connectivity index (χ1n) is 10.6. The summed E-state index contributed by atoms with van der Waals surface area (Å²) in [4.78, 5) is 27.1. The molecule has 164 valence electrons. The maximum Gasteiger partial charge on any atom is 0.270 e. The molecule has 0 radical (unpaired) electrons. The minimum atomic E-state index is -0.390. The molecule has 7 nitrogen and oxygen atoms in total. The molecule has 0 aliphatic carbocycles. The van der Waals surface area contributed by atoms with E-state index in [1.807, 2.05) is 54.7 Å². The summed E-state index contributed by atoms with van der Waals surface area (Å²) in [7, 11) is 0. The molecule has 4 aromatic rings. The van der Waals surface area contributed by atoms with E-state index in [1.54, 1.807) is 12.1 Å². The second-order valence-corrected chi connectivity index (χ2v) is 8.39. The van der Waals surface area contributed by atoms with Crippen molar-refractivity contribution in [1.82, 2.24) is 19.9 Å². The summed E-state index contributed by atoms with van der Waals surface area (Å²) in [6.07, 6.45) is 2.74. The average Bonchev–Trinajstić information content (AvgIpc) is 2.84. The van der Waals surface area contributed by atoms with Crippen LogP contribution < -0.4 is 0 Å². The quantitative estimate of drug-likeness (QED) is 0.297. The Morgan fingerprint density at radius 1 is 1.00 bits per heavy atom. The van der Waals surface area contributed by atoms with Crippen molar-refractivity contribution in [1.29, 1.82) is 0 Å². The topological polar surface area (TPSA) is 85.0 Å². The van der Waals surface area contributed by atoms with Crippen LogP contribution in [0.5, 0.6) is 0 Å². The Morgan fingerprint density at radius 2 is 1.82 bits per heavy atom. The van der Waals surface area contributed by atoms with Crippen LogP contribution in [0.1, 0.15) is 17.0 Å². The van der Waals surface area contributed by atoms with E-state index in [2.05, 4.69) is 9.88 Å². The van der Waals surface area contributed by atoms with E-state index < -0.39 is 0 Å². The van der Waals surface area contributed by atoms with Crippen molar-refractivity contribution in [2.75, 3.05) is 6.54 Å². The van der Waals surface area contributed by atoms with Gasteiger partial charge in [0, 0.05) is 66.1 Å². The number of rotatable bonds is 5. The first kappa shape index (κ1) is 21.2. The Kier molecular flexibility index (Phi) is 5.81. The van der Waals surface area contributed by atoms with Crippen molar-refractivity contribution in [3.8, 4) is 22.6 Å². The van der Waals surface area contributed by atoms with Gasteiger partial charge in [-0.3, -0.25) is 20.0 Å². The van der Waals surface area contributed by atoms with Gasteiger partial charge in [0.1, 0.15) is 0 Å². The predicted molar refractivity (Wildman–Crippen MR) is 127 cm³/mol. The van der Waals surface area contributed by atoms with Gasteiger partial charge in [0.25, 0.3) is 5.69 Å². The lowest BCUT2D eigenvalue weighted by atomic mass is 10.1. The normalized spacial score (nSPS) is 13.5. The van der Waals surface area contributed by atoms with E-state index in [0.717, 1.165) is 53.3 Å². The standard InChI is InChI=1S/C25H20ClN5O2/c26-20-9-7-17(8-10-20)25-27-14-19-15-30(12-11-24(19)29-25)16-21-4-2-6-23(28-21)18-3-1-5-22(13-18)31(32)33/h1-10,13-14H,11-12,15-16H2. The van der Waals surface area contributed by atoms with Crippen LogP contribution >= 0.6 is 11.6 Å². The molecular weight excluding hydrogens is 438 g/mol. The monoisotopic (exact) mass is 457 g/mol. The highest BCUT2D eigenvalue weighted by atomic mass is 35.5. The zero-order valence-corrected chi connectivity index (χ0v) is 18.4. The molecule has 1 aliphatic rings. The van der Waals surface area contributed by atoms with Gasteiger partial charge in [0.15, 0.2) is 5.82 Å². The van der Waals surface area contributed by atoms with Gasteiger partial charge < -0.3 is 0 Å². The van der Waals surface area contributed by atoms with E-state index in [9.17, 15) is 10.1 Å². The summed E-state index contributed by atoms with van der Waals surface area (Å²) in [6, 6.07) is 19.9. The molecule has 0 fully saturated rings. The maximum absolute atomic E-state index is 11.1. The Bertz CT molecular complexity index is 1330. The fraction of sp³-hybridized carbons (Fsp3) is 0.160. The van der Waals surface area contributed by atoms with Gasteiger partial charge in [-0.05, 0) is 36.4 Å². The summed E-state index contributed by atoms with van der Waals surface area (Å²) in [5.41, 5.74) is 5.58. The van der Waals surface area contributed by atoms with Crippen molar-refractivity contribution in [2.45, 2.75) is 19.5 Å². The molecule has 2 aromatic heterocycles. The van der Waals surface area contributed by atoms with Crippen molar-refractivity contribution in [3.63, 3.8) is 0 Å². The van der Waals surface area contributed by atoms with Crippen LogP contribution in [0.3, 0.4) is 0 Å². The molecule has 8 heteroatoms. The Morgan fingerprint density at radius 3 is 2.64 bits per heavy atom. The number of hydrogen-bond acceptors (Lipinski definition) is 6. The van der Waals surface area contributed by atoms with E-state index in [1.165, 1.54) is 6.07 Å². The highest BCUT2D eigenvalue weighted by molar-refractivity contribution is 6.30. The van der Waals surface area contributed by atoms with E-state index >= 15 is 0 Å². The van der Waals surface area contributed by atoms with Crippen LogP contribution in [0.4, 0.5) is 5.69 Å². The highest BCUT2D eigenvalue weighted by Gasteiger charge is 2.19. The van der Waals surface area contributed by atoms with Gasteiger partial charge in [-0.25, -0.2) is 9.97 Å². The minimum absolute atomic E-state index is 0.0605. The van der Waals surface area contributed by atoms with Crippen LogP contribution in [-0.4, -0.2) is 31.3 Å². The SMILES string of the molecule is O=[N+]([O-])c1cccc(-c2cccc(CN3CCc4nc(-c5ccc(Cl)cc5)ncc4C3)n2)c1. The number of benzene rings is 2. The number of aromatic nitrogens is 3. The molecule has 0 saturated heterocycles. The van der Waals surface area contributed by atoms with Crippen molar-refractivity contribution >= 4 is 17.3 Å². The number of non-ortho nitro benzene ring substituents is 1. The summed E-state index contributed by atoms with van der Waals surface area (Å²) < 4.78 is 0. The van der Waals surface area contributed by atoms with Gasteiger partial charge in [0.2, 0.25) is 0 Å². The van der Waals surface area contributed by atoms with E-state index in [4.69, 9.17) is 21.6 Å². The highest BCUT2D eigenvalue weighted by Crippen LogP contribution is 2.25. The van der Waals surface area contributed by atoms with Crippen molar-refractivity contribution in [3.05, 3.63) is 105 Å². The number of fused-ring (bicyclic) bond motifs is 1. The Labute approximate surface area is 195 Å². The summed E-state index contributed by atoms with van der Waals surface area (Å²) in [5.74, 6) is 0.713. The molecule has 2 aromatic carbocycles. The largest absolute Gasteiger partial charge is 0.293 e. The first-order valence-corrected chi connectivity index (χ1v) is 11.0. The lowest BCUT2D eigenvalue weighted by Gasteiger charge is -2.27. The fourth-order valence-electron chi connectivity index (χ4n) is 3.98. The smallest absolute Gasteiger partial charge is 0.270 e. The molecule has 0 bridgehead atoms. The maximum atomic E-state index is 11.1. The number of pyridine rings is 1. The van der Waals surface area contributed by atoms with Crippen LogP contribution in [0.25, 0.3) is 22.6 Å². The van der Waals surface area contributed by atoms with Crippen LogP contribution in [0.15, 0.2) is 72.9 Å². The van der Waals surface area contributed by atoms with Gasteiger partial charge in [-0.1, -0.05) is 29.8 Å². The van der Waals surface area contributed by atoms with Crippen molar-refractivity contribution < 1.29 is 4.92 Å². The molecular formula is C25H20ClN5O2. The zero-order valence-electron chi connectivity index (χ0n) is 17.7. The molecule has 0 unspecified atom stereocenters. The molecule has 1 aliphatic heterocycles. The lowest BCUT2D eigenvalue weighted by molar-refractivity contribution is -0.384. The molecule has 0 N–H and O–H groups in total. The number of nitro groups is 1. The Hall–Kier alpha value is -3.68. The third-order valence-corrected chi connectivity index (χ3v) is 5.91. The molecule has 0 saturated carbocycles. The second-order valence-electron chi connectivity index (χ2n) is 7.95. The molecule has 33 heavy (non-hydrogen) atoms. The van der Waals surface area contributed by atoms with Crippen LogP contribution in [-0.2, 0) is 19.5 Å². The molecule has 3 heterocycles. The predicted octanol–water partition coefficient (Wildman–Crippen LogP) is 5.33. The van der Waals surface area contributed by atoms with Crippen LogP contribution in [0, 0.1) is 10.1 Å². The summed E-state index contributed by atoms with van der Waals surface area (Å²) in [6.45, 7) is 2.30. The van der Waals surface area contributed by atoms with Crippen molar-refractivity contribution in [2.24, 2.45) is 0 Å². The van der Waals surface area contributed by atoms with Gasteiger partial charge in [0.05, 0.1) is 22.0 Å². The van der Waals surface area contributed by atoms with Gasteiger partial charge in [-0.2, -0.15) is 0 Å². The third kappa shape index (κ3) is 4.74. The third-order valence-electron chi connectivity index (χ3n) is 5.66. The number of hydrogen-bond donors (Lipinski definition) is 0. The minimum Gasteiger partial charge on any atom is -0.293 e. The number of nitro benzene ring substituents is 1. The lowest BCUT2D eigenvalue weighted by Crippen LogP contribution is -2.31. The van der Waals surface area contributed by atoms with Gasteiger partial charge >= 0.3 is 0 Å². The molecule has 0 spiro atoms. The molecule has 5 rings (SSSR count). The average molecular weight is 458 g/mol. The van der Waals surface area contributed by atoms with E-state index in [-0.39, 0.29) is 10.6 Å².